The highest BCUT2D eigenvalue weighted by molar-refractivity contribution is 5.04. The van der Waals surface area contributed by atoms with Crippen molar-refractivity contribution < 1.29 is 0 Å². The summed E-state index contributed by atoms with van der Waals surface area (Å²) in [5, 5.41) is 3.51. The van der Waals surface area contributed by atoms with Crippen LogP contribution in [-0.4, -0.2) is 12.6 Å². The van der Waals surface area contributed by atoms with Gasteiger partial charge >= 0.3 is 0 Å². The van der Waals surface area contributed by atoms with Gasteiger partial charge in [0.05, 0.1) is 0 Å². The first-order valence-electron chi connectivity index (χ1n) is 4.56. The molecule has 2 aliphatic rings. The summed E-state index contributed by atoms with van der Waals surface area (Å²) in [5.41, 5.74) is 0. The first-order chi connectivity index (χ1) is 4.83. The van der Waals surface area contributed by atoms with Crippen LogP contribution in [0.2, 0.25) is 0 Å². The van der Waals surface area contributed by atoms with Crippen molar-refractivity contribution >= 4 is 0 Å². The maximum Gasteiger partial charge on any atom is 0.0102 e. The fourth-order valence-electron chi connectivity index (χ4n) is 2.13. The highest BCUT2D eigenvalue weighted by atomic mass is 15.0. The smallest absolute Gasteiger partial charge is 0.0102 e. The zero-order valence-electron chi connectivity index (χ0n) is 6.93. The molecular formula is C9H17N. The molecule has 1 nitrogen and oxygen atoms in total. The molecule has 0 aliphatic heterocycles. The van der Waals surface area contributed by atoms with Gasteiger partial charge in [0.2, 0.25) is 0 Å². The molecule has 0 spiro atoms. The van der Waals surface area contributed by atoms with Crippen LogP contribution in [0.25, 0.3) is 0 Å². The molecule has 0 aromatic rings. The molecule has 1 heteroatoms. The van der Waals surface area contributed by atoms with Crippen molar-refractivity contribution in [3.63, 3.8) is 0 Å². The van der Waals surface area contributed by atoms with Crippen LogP contribution in [-0.2, 0) is 0 Å². The van der Waals surface area contributed by atoms with Crippen LogP contribution < -0.4 is 5.32 Å². The van der Waals surface area contributed by atoms with Gasteiger partial charge in [-0.3, -0.25) is 0 Å². The molecule has 2 fully saturated rings. The van der Waals surface area contributed by atoms with Gasteiger partial charge in [0.15, 0.2) is 0 Å². The van der Waals surface area contributed by atoms with E-state index in [1.807, 2.05) is 0 Å². The Hall–Kier alpha value is -0.0400. The number of hydrogen-bond donors (Lipinski definition) is 1. The van der Waals surface area contributed by atoms with Gasteiger partial charge in [0.1, 0.15) is 0 Å². The van der Waals surface area contributed by atoms with Crippen molar-refractivity contribution in [1.29, 1.82) is 0 Å². The molecule has 4 atom stereocenters. The Balaban J connectivity index is 1.70. The minimum Gasteiger partial charge on any atom is -0.314 e. The van der Waals surface area contributed by atoms with E-state index in [0.29, 0.717) is 0 Å². The summed E-state index contributed by atoms with van der Waals surface area (Å²) >= 11 is 0. The zero-order chi connectivity index (χ0) is 7.14. The van der Waals surface area contributed by atoms with Crippen LogP contribution in [0.5, 0.6) is 0 Å². The van der Waals surface area contributed by atoms with Gasteiger partial charge in [-0.25, -0.2) is 0 Å². The van der Waals surface area contributed by atoms with Gasteiger partial charge < -0.3 is 5.32 Å². The third kappa shape index (κ3) is 1.07. The Labute approximate surface area is 63.2 Å². The van der Waals surface area contributed by atoms with E-state index in [-0.39, 0.29) is 0 Å². The van der Waals surface area contributed by atoms with Crippen molar-refractivity contribution in [2.24, 2.45) is 17.8 Å². The zero-order valence-corrected chi connectivity index (χ0v) is 6.93. The fraction of sp³-hybridized carbons (Fsp3) is 1.00. The highest BCUT2D eigenvalue weighted by Gasteiger charge is 2.50. The second-order valence-electron chi connectivity index (χ2n) is 3.94. The number of nitrogens with one attached hydrogen (secondary N) is 1. The summed E-state index contributed by atoms with van der Waals surface area (Å²) in [6, 6.07) is 0.903. The van der Waals surface area contributed by atoms with E-state index in [1.165, 1.54) is 12.8 Å². The third-order valence-corrected chi connectivity index (χ3v) is 3.03. The fourth-order valence-corrected chi connectivity index (χ4v) is 2.13. The second-order valence-corrected chi connectivity index (χ2v) is 3.94. The average molecular weight is 139 g/mol. The largest absolute Gasteiger partial charge is 0.314 e. The van der Waals surface area contributed by atoms with Crippen LogP contribution in [0.15, 0.2) is 0 Å². The maximum atomic E-state index is 3.51. The summed E-state index contributed by atoms with van der Waals surface area (Å²) < 4.78 is 0. The Bertz CT molecular complexity index is 133. The lowest BCUT2D eigenvalue weighted by molar-refractivity contribution is 0.583. The summed E-state index contributed by atoms with van der Waals surface area (Å²) in [6.45, 7) is 5.74. The molecule has 0 saturated heterocycles. The van der Waals surface area contributed by atoms with Crippen LogP contribution in [0.1, 0.15) is 26.7 Å². The second kappa shape index (κ2) is 2.23. The van der Waals surface area contributed by atoms with Gasteiger partial charge in [-0.05, 0) is 37.1 Å². The molecule has 0 amide bonds. The molecule has 0 aromatic heterocycles. The van der Waals surface area contributed by atoms with E-state index in [0.717, 1.165) is 30.3 Å². The van der Waals surface area contributed by atoms with Gasteiger partial charge in [-0.2, -0.15) is 0 Å². The quantitative estimate of drug-likeness (QED) is 0.626. The number of rotatable bonds is 3. The normalized spacial score (nSPS) is 51.0. The lowest BCUT2D eigenvalue weighted by atomic mass is 10.2. The Kier molecular flexibility index (Phi) is 1.48. The third-order valence-electron chi connectivity index (χ3n) is 3.03. The number of hydrogen-bond acceptors (Lipinski definition) is 1. The van der Waals surface area contributed by atoms with Gasteiger partial charge in [0.25, 0.3) is 0 Å². The van der Waals surface area contributed by atoms with Crippen molar-refractivity contribution in [1.82, 2.24) is 5.32 Å². The SMILES string of the molecule is CCNC1CC1C1CC1C. The molecule has 0 heterocycles. The van der Waals surface area contributed by atoms with Crippen molar-refractivity contribution in [3.05, 3.63) is 0 Å². The van der Waals surface area contributed by atoms with Crippen molar-refractivity contribution in [2.75, 3.05) is 6.54 Å². The maximum absolute atomic E-state index is 3.51. The Morgan fingerprint density at radius 3 is 2.50 bits per heavy atom. The molecule has 1 N–H and O–H groups in total. The van der Waals surface area contributed by atoms with Crippen molar-refractivity contribution in [3.8, 4) is 0 Å². The predicted octanol–water partition coefficient (Wildman–Crippen LogP) is 1.64. The van der Waals surface area contributed by atoms with E-state index in [4.69, 9.17) is 0 Å². The van der Waals surface area contributed by atoms with Crippen LogP contribution in [0.4, 0.5) is 0 Å². The summed E-state index contributed by atoms with van der Waals surface area (Å²) in [4.78, 5) is 0. The summed E-state index contributed by atoms with van der Waals surface area (Å²) in [5.74, 6) is 3.22. The topological polar surface area (TPSA) is 12.0 Å². The van der Waals surface area contributed by atoms with Crippen LogP contribution >= 0.6 is 0 Å². The van der Waals surface area contributed by atoms with Gasteiger partial charge in [-0.1, -0.05) is 13.8 Å². The predicted molar refractivity (Wildman–Crippen MR) is 42.8 cm³/mol. The average Bonchev–Trinajstić information content (AvgIpc) is 2.70. The Morgan fingerprint density at radius 1 is 1.30 bits per heavy atom. The first-order valence-corrected chi connectivity index (χ1v) is 4.56. The summed E-state index contributed by atoms with van der Waals surface area (Å²) in [7, 11) is 0. The van der Waals surface area contributed by atoms with Crippen LogP contribution in [0.3, 0.4) is 0 Å². The molecule has 2 aliphatic carbocycles. The van der Waals surface area contributed by atoms with Crippen LogP contribution in [0, 0.1) is 17.8 Å². The van der Waals surface area contributed by atoms with Crippen molar-refractivity contribution in [2.45, 2.75) is 32.7 Å². The first kappa shape index (κ1) is 6.66. The molecule has 58 valence electrons. The van der Waals surface area contributed by atoms with Gasteiger partial charge in [-0.15, -0.1) is 0 Å². The molecule has 0 bridgehead atoms. The Morgan fingerprint density at radius 2 is 2.00 bits per heavy atom. The minimum absolute atomic E-state index is 0.903. The lowest BCUT2D eigenvalue weighted by Gasteiger charge is -1.97. The monoisotopic (exact) mass is 139 g/mol. The molecule has 0 aromatic carbocycles. The van der Waals surface area contributed by atoms with E-state index < -0.39 is 0 Å². The minimum atomic E-state index is 0.903. The molecular weight excluding hydrogens is 122 g/mol. The van der Waals surface area contributed by atoms with E-state index in [1.54, 1.807) is 0 Å². The standard InChI is InChI=1S/C9H17N/c1-3-10-9-5-8(9)7-4-6(7)2/h6-10H,3-5H2,1-2H3. The molecule has 4 unspecified atom stereocenters. The van der Waals surface area contributed by atoms with E-state index in [2.05, 4.69) is 19.2 Å². The molecule has 2 rings (SSSR count). The molecule has 2 saturated carbocycles. The van der Waals surface area contributed by atoms with E-state index in [9.17, 15) is 0 Å². The van der Waals surface area contributed by atoms with E-state index >= 15 is 0 Å². The highest BCUT2D eigenvalue weighted by Crippen LogP contribution is 2.53. The van der Waals surface area contributed by atoms with Gasteiger partial charge in [0, 0.05) is 6.04 Å². The lowest BCUT2D eigenvalue weighted by Crippen LogP contribution is -2.17. The molecule has 10 heavy (non-hydrogen) atoms. The summed E-state index contributed by atoms with van der Waals surface area (Å²) in [6.07, 6.45) is 2.97. The molecule has 0 radical (unpaired) electrons.